The summed E-state index contributed by atoms with van der Waals surface area (Å²) in [5, 5.41) is 4.47. The Bertz CT molecular complexity index is 982. The minimum absolute atomic E-state index is 0.0556. The second-order valence-corrected chi connectivity index (χ2v) is 8.31. The van der Waals surface area contributed by atoms with E-state index in [4.69, 9.17) is 33.3 Å². The Kier molecular flexibility index (Phi) is 4.83. The Morgan fingerprint density at radius 3 is 2.59 bits per heavy atom. The SMILES string of the molecule is COc1cccc2c1O[C@@]1(C)[C@H](C(=O)N(C)C)[C@H]2NC(=S)N1c1ccc(Cl)cc1. The van der Waals surface area contributed by atoms with E-state index >= 15 is 0 Å². The van der Waals surface area contributed by atoms with E-state index in [1.165, 1.54) is 0 Å². The lowest BCUT2D eigenvalue weighted by Gasteiger charge is -2.56. The molecule has 0 radical (unpaired) electrons. The topological polar surface area (TPSA) is 54.0 Å². The third-order valence-electron chi connectivity index (χ3n) is 5.50. The molecule has 152 valence electrons. The molecule has 1 fully saturated rings. The summed E-state index contributed by atoms with van der Waals surface area (Å²) in [5.41, 5.74) is 0.562. The van der Waals surface area contributed by atoms with Crippen molar-refractivity contribution in [3.05, 3.63) is 53.1 Å². The quantitative estimate of drug-likeness (QED) is 0.749. The molecule has 1 saturated heterocycles. The maximum absolute atomic E-state index is 13.3. The van der Waals surface area contributed by atoms with E-state index in [1.54, 1.807) is 38.2 Å². The number of carbonyl (C=O) groups is 1. The van der Waals surface area contributed by atoms with Crippen LogP contribution in [0.3, 0.4) is 0 Å². The van der Waals surface area contributed by atoms with Gasteiger partial charge in [0.25, 0.3) is 0 Å². The largest absolute Gasteiger partial charge is 0.493 e. The van der Waals surface area contributed by atoms with Crippen molar-refractivity contribution in [3.63, 3.8) is 0 Å². The van der Waals surface area contributed by atoms with Gasteiger partial charge in [0.2, 0.25) is 5.91 Å². The molecule has 0 saturated carbocycles. The minimum atomic E-state index is -1.07. The molecular weight excluding hydrogens is 410 g/mol. The maximum atomic E-state index is 13.3. The highest BCUT2D eigenvalue weighted by Crippen LogP contribution is 2.52. The summed E-state index contributed by atoms with van der Waals surface area (Å²) in [6.45, 7) is 1.89. The fourth-order valence-electron chi connectivity index (χ4n) is 4.17. The van der Waals surface area contributed by atoms with Gasteiger partial charge in [0.1, 0.15) is 5.92 Å². The number of ether oxygens (including phenoxy) is 2. The molecule has 1 N–H and O–H groups in total. The van der Waals surface area contributed by atoms with E-state index in [-0.39, 0.29) is 11.9 Å². The van der Waals surface area contributed by atoms with Crippen LogP contribution < -0.4 is 19.7 Å². The monoisotopic (exact) mass is 431 g/mol. The highest BCUT2D eigenvalue weighted by atomic mass is 35.5. The van der Waals surface area contributed by atoms with E-state index in [1.807, 2.05) is 42.2 Å². The van der Waals surface area contributed by atoms with Crippen molar-refractivity contribution in [3.8, 4) is 11.5 Å². The van der Waals surface area contributed by atoms with Crippen molar-refractivity contribution in [2.24, 2.45) is 5.92 Å². The van der Waals surface area contributed by atoms with Gasteiger partial charge in [0, 0.05) is 30.4 Å². The predicted octanol–water partition coefficient (Wildman–Crippen LogP) is 3.60. The number of methoxy groups -OCH3 is 1. The Hall–Kier alpha value is -2.51. The van der Waals surface area contributed by atoms with Gasteiger partial charge in [-0.05, 0) is 49.5 Å². The number of halogens is 1. The average molecular weight is 432 g/mol. The predicted molar refractivity (Wildman–Crippen MR) is 117 cm³/mol. The summed E-state index contributed by atoms with van der Waals surface area (Å²) < 4.78 is 12.1. The Labute approximate surface area is 180 Å². The first kappa shape index (κ1) is 19.8. The average Bonchev–Trinajstić information content (AvgIpc) is 2.68. The number of nitrogens with zero attached hydrogens (tertiary/aromatic N) is 2. The van der Waals surface area contributed by atoms with E-state index in [2.05, 4.69) is 5.32 Å². The maximum Gasteiger partial charge on any atom is 0.233 e. The zero-order valence-electron chi connectivity index (χ0n) is 16.6. The summed E-state index contributed by atoms with van der Waals surface area (Å²) in [7, 11) is 5.09. The van der Waals surface area contributed by atoms with Crippen LogP contribution in [0.5, 0.6) is 11.5 Å². The van der Waals surface area contributed by atoms with E-state index in [0.717, 1.165) is 11.3 Å². The van der Waals surface area contributed by atoms with Crippen molar-refractivity contribution in [2.45, 2.75) is 18.7 Å². The van der Waals surface area contributed by atoms with Crippen molar-refractivity contribution in [2.75, 3.05) is 26.1 Å². The Balaban J connectivity index is 1.93. The molecule has 0 aromatic heterocycles. The molecule has 29 heavy (non-hydrogen) atoms. The normalized spacial score (nSPS) is 24.9. The zero-order valence-corrected chi connectivity index (χ0v) is 18.2. The second-order valence-electron chi connectivity index (χ2n) is 7.48. The molecule has 3 atom stereocenters. The van der Waals surface area contributed by atoms with Gasteiger partial charge in [-0.2, -0.15) is 0 Å². The van der Waals surface area contributed by atoms with Crippen LogP contribution in [-0.2, 0) is 4.79 Å². The van der Waals surface area contributed by atoms with Crippen LogP contribution >= 0.6 is 23.8 Å². The van der Waals surface area contributed by atoms with Crippen LogP contribution in [0.1, 0.15) is 18.5 Å². The van der Waals surface area contributed by atoms with Gasteiger partial charge in [-0.1, -0.05) is 23.7 Å². The third kappa shape index (κ3) is 3.00. The van der Waals surface area contributed by atoms with Gasteiger partial charge in [0.05, 0.1) is 13.2 Å². The van der Waals surface area contributed by atoms with Gasteiger partial charge >= 0.3 is 0 Å². The molecule has 4 rings (SSSR count). The first-order valence-electron chi connectivity index (χ1n) is 9.21. The number of hydrogen-bond acceptors (Lipinski definition) is 4. The molecule has 6 nitrogen and oxygen atoms in total. The van der Waals surface area contributed by atoms with E-state index in [9.17, 15) is 4.79 Å². The van der Waals surface area contributed by atoms with Gasteiger partial charge < -0.3 is 19.7 Å². The van der Waals surface area contributed by atoms with Gasteiger partial charge in [0.15, 0.2) is 22.3 Å². The first-order valence-corrected chi connectivity index (χ1v) is 10.00. The molecule has 0 unspecified atom stereocenters. The summed E-state index contributed by atoms with van der Waals surface area (Å²) in [4.78, 5) is 16.7. The Morgan fingerprint density at radius 2 is 1.97 bits per heavy atom. The number of fused-ring (bicyclic) bond motifs is 4. The number of anilines is 1. The molecule has 2 bridgehead atoms. The zero-order chi connectivity index (χ0) is 20.9. The van der Waals surface area contributed by atoms with Gasteiger partial charge in [-0.3, -0.25) is 9.69 Å². The van der Waals surface area contributed by atoms with Crippen molar-refractivity contribution in [1.29, 1.82) is 0 Å². The molecule has 0 aliphatic carbocycles. The highest BCUT2D eigenvalue weighted by Gasteiger charge is 2.59. The number of thiocarbonyl (C=S) groups is 1. The summed E-state index contributed by atoms with van der Waals surface area (Å²) in [6, 6.07) is 12.6. The lowest BCUT2D eigenvalue weighted by atomic mass is 9.78. The highest BCUT2D eigenvalue weighted by molar-refractivity contribution is 7.80. The molecule has 2 aromatic carbocycles. The number of amides is 1. The standard InChI is InChI=1S/C21H22ClN3O3S/c1-21-16(19(26)24(2)3)17(14-6-5-7-15(27-4)18(14)28-21)23-20(29)25(21)13-10-8-12(22)9-11-13/h5-11,16-17H,1-4H3,(H,23,29)/t16-,17-,21-/m0/s1. The molecule has 0 spiro atoms. The van der Waals surface area contributed by atoms with Crippen molar-refractivity contribution in [1.82, 2.24) is 10.2 Å². The molecular formula is C21H22ClN3O3S. The molecule has 2 heterocycles. The number of nitrogens with one attached hydrogen (secondary N) is 1. The minimum Gasteiger partial charge on any atom is -0.493 e. The van der Waals surface area contributed by atoms with Gasteiger partial charge in [-0.25, -0.2) is 0 Å². The number of hydrogen-bond donors (Lipinski definition) is 1. The van der Waals surface area contributed by atoms with Crippen molar-refractivity contribution < 1.29 is 14.3 Å². The molecule has 1 amide bonds. The van der Waals surface area contributed by atoms with Crippen LogP contribution in [0.4, 0.5) is 5.69 Å². The number of benzene rings is 2. The van der Waals surface area contributed by atoms with Crippen molar-refractivity contribution >= 4 is 40.5 Å². The molecule has 8 heteroatoms. The fourth-order valence-corrected chi connectivity index (χ4v) is 4.70. The fraction of sp³-hybridized carbons (Fsp3) is 0.333. The van der Waals surface area contributed by atoms with E-state index in [0.29, 0.717) is 21.6 Å². The van der Waals surface area contributed by atoms with Crippen LogP contribution in [0, 0.1) is 5.92 Å². The lowest BCUT2D eigenvalue weighted by molar-refractivity contribution is -0.144. The number of carbonyl (C=O) groups excluding carboxylic acids is 1. The smallest absolute Gasteiger partial charge is 0.233 e. The number of rotatable bonds is 3. The first-order chi connectivity index (χ1) is 13.8. The Morgan fingerprint density at radius 1 is 1.28 bits per heavy atom. The molecule has 2 aliphatic heterocycles. The van der Waals surface area contributed by atoms with E-state index < -0.39 is 11.6 Å². The number of para-hydroxylation sites is 1. The summed E-state index contributed by atoms with van der Waals surface area (Å²) in [6.07, 6.45) is 0. The molecule has 2 aliphatic rings. The lowest BCUT2D eigenvalue weighted by Crippen LogP contribution is -2.72. The van der Waals surface area contributed by atoms with Crippen LogP contribution in [0.15, 0.2) is 42.5 Å². The van der Waals surface area contributed by atoms with Gasteiger partial charge in [-0.15, -0.1) is 0 Å². The third-order valence-corrected chi connectivity index (χ3v) is 6.05. The van der Waals surface area contributed by atoms with Crippen LogP contribution in [0.25, 0.3) is 0 Å². The summed E-state index contributed by atoms with van der Waals surface area (Å²) in [5.74, 6) is 0.624. The van der Waals surface area contributed by atoms with Crippen LogP contribution in [0.2, 0.25) is 5.02 Å². The van der Waals surface area contributed by atoms with Crippen LogP contribution in [-0.4, -0.2) is 42.8 Å². The molecule has 2 aromatic rings. The summed E-state index contributed by atoms with van der Waals surface area (Å²) >= 11 is 11.8. The second kappa shape index (κ2) is 7.07.